The van der Waals surface area contributed by atoms with E-state index in [-0.39, 0.29) is 5.25 Å². The van der Waals surface area contributed by atoms with Gasteiger partial charge in [-0.25, -0.2) is 0 Å². The average molecular weight is 144 g/mol. The van der Waals surface area contributed by atoms with Crippen LogP contribution in [-0.4, -0.2) is 11.0 Å². The van der Waals surface area contributed by atoms with Crippen molar-refractivity contribution in [3.05, 3.63) is 0 Å². The number of hydrogen-bond acceptors (Lipinski definition) is 2. The Morgan fingerprint density at radius 3 is 2.56 bits per heavy atom. The van der Waals surface area contributed by atoms with Gasteiger partial charge in [-0.2, -0.15) is 12.6 Å². The number of carbonyl (C=O) groups is 1. The van der Waals surface area contributed by atoms with Crippen molar-refractivity contribution in [2.45, 2.75) is 31.4 Å². The minimum atomic E-state index is 0.0509. The second-order valence-electron chi connectivity index (χ2n) is 2.60. The molecule has 0 aromatic carbocycles. The highest BCUT2D eigenvalue weighted by Crippen LogP contribution is 2.27. The van der Waals surface area contributed by atoms with Gasteiger partial charge in [0, 0.05) is 5.92 Å². The van der Waals surface area contributed by atoms with Gasteiger partial charge in [0.05, 0.1) is 5.25 Å². The zero-order valence-electron chi connectivity index (χ0n) is 5.63. The summed E-state index contributed by atoms with van der Waals surface area (Å²) in [7, 11) is 0. The lowest BCUT2D eigenvalue weighted by molar-refractivity contribution is -0.120. The van der Waals surface area contributed by atoms with Crippen molar-refractivity contribution in [2.75, 3.05) is 0 Å². The molecule has 2 unspecified atom stereocenters. The molecule has 1 nitrogen and oxygen atoms in total. The maximum atomic E-state index is 11.1. The Balaban J connectivity index is 2.51. The van der Waals surface area contributed by atoms with Crippen LogP contribution in [0.1, 0.15) is 26.2 Å². The molecule has 2 atom stereocenters. The monoisotopic (exact) mass is 144 g/mol. The van der Waals surface area contributed by atoms with Crippen LogP contribution in [0.2, 0.25) is 0 Å². The second kappa shape index (κ2) is 2.74. The highest BCUT2D eigenvalue weighted by Gasteiger charge is 2.29. The summed E-state index contributed by atoms with van der Waals surface area (Å²) < 4.78 is 0. The SMILES string of the molecule is CCC1CCC(S)C1=O. The maximum absolute atomic E-state index is 11.1. The summed E-state index contributed by atoms with van der Waals surface area (Å²) in [5.41, 5.74) is 0. The first-order valence-corrected chi connectivity index (χ1v) is 3.99. The van der Waals surface area contributed by atoms with E-state index in [0.717, 1.165) is 19.3 Å². The third kappa shape index (κ3) is 1.29. The fourth-order valence-electron chi connectivity index (χ4n) is 1.32. The highest BCUT2D eigenvalue weighted by atomic mass is 32.1. The van der Waals surface area contributed by atoms with Gasteiger partial charge in [0.1, 0.15) is 5.78 Å². The molecule has 52 valence electrons. The van der Waals surface area contributed by atoms with E-state index in [2.05, 4.69) is 19.6 Å². The van der Waals surface area contributed by atoms with Crippen LogP contribution in [0.25, 0.3) is 0 Å². The molecule has 0 aromatic rings. The van der Waals surface area contributed by atoms with Gasteiger partial charge in [0.15, 0.2) is 0 Å². The van der Waals surface area contributed by atoms with Crippen LogP contribution in [0.5, 0.6) is 0 Å². The molecule has 1 aliphatic carbocycles. The normalized spacial score (nSPS) is 35.6. The standard InChI is InChI=1S/C7H12OS/c1-2-5-3-4-6(9)7(5)8/h5-6,9H,2-4H2,1H3. The third-order valence-electron chi connectivity index (χ3n) is 2.01. The van der Waals surface area contributed by atoms with Gasteiger partial charge < -0.3 is 0 Å². The van der Waals surface area contributed by atoms with Crippen molar-refractivity contribution >= 4 is 18.4 Å². The molecule has 0 spiro atoms. The first kappa shape index (κ1) is 7.13. The molecule has 1 aliphatic rings. The van der Waals surface area contributed by atoms with E-state index in [0.29, 0.717) is 11.7 Å². The van der Waals surface area contributed by atoms with Crippen molar-refractivity contribution in [2.24, 2.45) is 5.92 Å². The molecule has 0 aliphatic heterocycles. The molecule has 0 bridgehead atoms. The molecule has 0 heterocycles. The number of Topliss-reactive ketones (excluding diaryl/α,β-unsaturated/α-hetero) is 1. The van der Waals surface area contributed by atoms with E-state index in [1.54, 1.807) is 0 Å². The predicted octanol–water partition coefficient (Wildman–Crippen LogP) is 1.67. The Morgan fingerprint density at radius 2 is 2.33 bits per heavy atom. The first-order valence-electron chi connectivity index (χ1n) is 3.47. The summed E-state index contributed by atoms with van der Waals surface area (Å²) in [5, 5.41) is 0.0509. The summed E-state index contributed by atoms with van der Waals surface area (Å²) in [6, 6.07) is 0. The molecule has 0 aromatic heterocycles. The van der Waals surface area contributed by atoms with Crippen molar-refractivity contribution in [3.8, 4) is 0 Å². The molecule has 1 fully saturated rings. The Bertz CT molecular complexity index is 122. The van der Waals surface area contributed by atoms with Crippen LogP contribution >= 0.6 is 12.6 Å². The van der Waals surface area contributed by atoms with E-state index in [1.807, 2.05) is 0 Å². The maximum Gasteiger partial charge on any atom is 0.148 e. The lowest BCUT2D eigenvalue weighted by Crippen LogP contribution is -2.12. The molecule has 1 rings (SSSR count). The first-order chi connectivity index (χ1) is 4.25. The van der Waals surface area contributed by atoms with Gasteiger partial charge in [-0.3, -0.25) is 4.79 Å². The lowest BCUT2D eigenvalue weighted by Gasteiger charge is -2.01. The van der Waals surface area contributed by atoms with E-state index in [4.69, 9.17) is 0 Å². The average Bonchev–Trinajstić information content (AvgIpc) is 2.15. The highest BCUT2D eigenvalue weighted by molar-refractivity contribution is 7.81. The minimum Gasteiger partial charge on any atom is -0.298 e. The van der Waals surface area contributed by atoms with E-state index >= 15 is 0 Å². The zero-order chi connectivity index (χ0) is 6.85. The summed E-state index contributed by atoms with van der Waals surface area (Å²) in [4.78, 5) is 11.1. The predicted molar refractivity (Wildman–Crippen MR) is 40.8 cm³/mol. The van der Waals surface area contributed by atoms with Crippen molar-refractivity contribution in [1.82, 2.24) is 0 Å². The minimum absolute atomic E-state index is 0.0509. The molecular weight excluding hydrogens is 132 g/mol. The van der Waals surface area contributed by atoms with Gasteiger partial charge >= 0.3 is 0 Å². The van der Waals surface area contributed by atoms with Crippen molar-refractivity contribution in [3.63, 3.8) is 0 Å². The van der Waals surface area contributed by atoms with Crippen LogP contribution in [-0.2, 0) is 4.79 Å². The fourth-order valence-corrected chi connectivity index (χ4v) is 1.68. The van der Waals surface area contributed by atoms with Gasteiger partial charge in [0.2, 0.25) is 0 Å². The van der Waals surface area contributed by atoms with Crippen LogP contribution < -0.4 is 0 Å². The molecule has 0 N–H and O–H groups in total. The molecule has 2 heteroatoms. The van der Waals surface area contributed by atoms with Gasteiger partial charge in [0.25, 0.3) is 0 Å². The number of rotatable bonds is 1. The molecule has 0 amide bonds. The Morgan fingerprint density at radius 1 is 1.67 bits per heavy atom. The van der Waals surface area contributed by atoms with Crippen LogP contribution in [0.4, 0.5) is 0 Å². The molecule has 0 radical (unpaired) electrons. The summed E-state index contributed by atoms with van der Waals surface area (Å²) in [5.74, 6) is 0.688. The van der Waals surface area contributed by atoms with Gasteiger partial charge in [-0.15, -0.1) is 0 Å². The number of carbonyl (C=O) groups excluding carboxylic acids is 1. The summed E-state index contributed by atoms with van der Waals surface area (Å²) >= 11 is 4.15. The van der Waals surface area contributed by atoms with Gasteiger partial charge in [-0.1, -0.05) is 6.92 Å². The molecule has 1 saturated carbocycles. The Hall–Kier alpha value is 0.0200. The summed E-state index contributed by atoms with van der Waals surface area (Å²) in [6.07, 6.45) is 3.04. The topological polar surface area (TPSA) is 17.1 Å². The van der Waals surface area contributed by atoms with Crippen LogP contribution in [0.3, 0.4) is 0 Å². The number of ketones is 1. The van der Waals surface area contributed by atoms with Crippen molar-refractivity contribution in [1.29, 1.82) is 0 Å². The van der Waals surface area contributed by atoms with Crippen molar-refractivity contribution < 1.29 is 4.79 Å². The lowest BCUT2D eigenvalue weighted by atomic mass is 10.1. The quantitative estimate of drug-likeness (QED) is 0.554. The fraction of sp³-hybridized carbons (Fsp3) is 0.857. The summed E-state index contributed by atoms with van der Waals surface area (Å²) in [6.45, 7) is 2.06. The molecule has 0 saturated heterocycles. The van der Waals surface area contributed by atoms with E-state index < -0.39 is 0 Å². The second-order valence-corrected chi connectivity index (χ2v) is 3.22. The Labute approximate surface area is 61.2 Å². The zero-order valence-corrected chi connectivity index (χ0v) is 6.53. The third-order valence-corrected chi connectivity index (χ3v) is 2.52. The van der Waals surface area contributed by atoms with E-state index in [1.165, 1.54) is 0 Å². The number of hydrogen-bond donors (Lipinski definition) is 1. The largest absolute Gasteiger partial charge is 0.298 e. The molecule has 9 heavy (non-hydrogen) atoms. The van der Waals surface area contributed by atoms with Gasteiger partial charge in [-0.05, 0) is 19.3 Å². The molecular formula is C7H12OS. The Kier molecular flexibility index (Phi) is 2.17. The van der Waals surface area contributed by atoms with Crippen LogP contribution in [0, 0.1) is 5.92 Å². The van der Waals surface area contributed by atoms with Crippen LogP contribution in [0.15, 0.2) is 0 Å². The van der Waals surface area contributed by atoms with E-state index in [9.17, 15) is 4.79 Å². The number of thiol groups is 1. The smallest absolute Gasteiger partial charge is 0.148 e.